The summed E-state index contributed by atoms with van der Waals surface area (Å²) in [6.45, 7) is 5.23. The number of rotatable bonds is 4. The molecular weight excluding hydrogens is 345 g/mol. The molecule has 0 bridgehead atoms. The average Bonchev–Trinajstić information content (AvgIpc) is 2.48. The summed E-state index contributed by atoms with van der Waals surface area (Å²) in [6, 6.07) is 4.71. The van der Waals surface area contributed by atoms with Crippen LogP contribution in [0.2, 0.25) is 10.0 Å². The molecule has 120 valence electrons. The molecule has 5 nitrogen and oxygen atoms in total. The molecule has 1 aromatic carbocycles. The first-order chi connectivity index (χ1) is 10.6. The van der Waals surface area contributed by atoms with Gasteiger partial charge in [0, 0.05) is 5.02 Å². The van der Waals surface area contributed by atoms with Gasteiger partial charge in [-0.15, -0.1) is 0 Å². The van der Waals surface area contributed by atoms with Gasteiger partial charge in [0.2, 0.25) is 0 Å². The maximum Gasteiger partial charge on any atom is 0.258 e. The highest BCUT2D eigenvalue weighted by Crippen LogP contribution is 2.20. The van der Waals surface area contributed by atoms with Gasteiger partial charge in [-0.05, 0) is 30.4 Å². The Morgan fingerprint density at radius 2 is 2.05 bits per heavy atom. The number of amides is 1. The van der Waals surface area contributed by atoms with Crippen molar-refractivity contribution in [2.24, 2.45) is 0 Å². The van der Waals surface area contributed by atoms with Crippen LogP contribution in [0.25, 0.3) is 0 Å². The molecule has 2 rings (SSSR count). The number of nitrogens with one attached hydrogen (secondary N) is 3. The lowest BCUT2D eigenvalue weighted by Crippen LogP contribution is -3.14. The third-order valence-corrected chi connectivity index (χ3v) is 4.16. The highest BCUT2D eigenvalue weighted by Gasteiger charge is 2.14. The van der Waals surface area contributed by atoms with Crippen molar-refractivity contribution < 1.29 is 14.4 Å². The first-order valence-electron chi connectivity index (χ1n) is 7.02. The third-order valence-electron chi connectivity index (χ3n) is 3.37. The summed E-state index contributed by atoms with van der Waals surface area (Å²) in [7, 11) is 0. The molecular formula is C14H18Cl2N3O2S+. The Morgan fingerprint density at radius 3 is 2.73 bits per heavy atom. The van der Waals surface area contributed by atoms with Crippen LogP contribution >= 0.6 is 35.4 Å². The van der Waals surface area contributed by atoms with Crippen LogP contribution in [0.3, 0.4) is 0 Å². The Hall–Kier alpha value is -0.920. The van der Waals surface area contributed by atoms with Crippen LogP contribution in [0.5, 0.6) is 0 Å². The van der Waals surface area contributed by atoms with Crippen molar-refractivity contribution >= 4 is 46.4 Å². The van der Waals surface area contributed by atoms with E-state index >= 15 is 0 Å². The summed E-state index contributed by atoms with van der Waals surface area (Å²) in [5.41, 5.74) is 0.342. The number of carbonyl (C=O) groups is 1. The standard InChI is InChI=1S/C14H17Cl2N3O2S/c15-10-1-2-11(12(16)9-10)13(20)18-14(22)17-3-4-19-5-7-21-8-6-19/h1-2,9H,3-8H2,(H2,17,18,20,22)/p+1. The normalized spacial score (nSPS) is 15.4. The molecule has 1 heterocycles. The topological polar surface area (TPSA) is 54.8 Å². The fourth-order valence-corrected chi connectivity index (χ4v) is 2.84. The lowest BCUT2D eigenvalue weighted by Gasteiger charge is -2.23. The van der Waals surface area contributed by atoms with Crippen molar-refractivity contribution in [2.45, 2.75) is 0 Å². The van der Waals surface area contributed by atoms with Crippen LogP contribution in [-0.4, -0.2) is 50.4 Å². The summed E-state index contributed by atoms with van der Waals surface area (Å²) in [5, 5.41) is 6.72. The van der Waals surface area contributed by atoms with Gasteiger partial charge in [-0.1, -0.05) is 23.2 Å². The van der Waals surface area contributed by atoms with Crippen molar-refractivity contribution in [3.63, 3.8) is 0 Å². The Morgan fingerprint density at radius 1 is 1.32 bits per heavy atom. The fraction of sp³-hybridized carbons (Fsp3) is 0.429. The van der Waals surface area contributed by atoms with E-state index in [0.29, 0.717) is 27.3 Å². The largest absolute Gasteiger partial charge is 0.370 e. The molecule has 1 aliphatic rings. The number of halogens is 2. The molecule has 8 heteroatoms. The van der Waals surface area contributed by atoms with Gasteiger partial charge in [-0.2, -0.15) is 0 Å². The first-order valence-corrected chi connectivity index (χ1v) is 8.18. The van der Waals surface area contributed by atoms with Crippen molar-refractivity contribution in [2.75, 3.05) is 39.4 Å². The molecule has 0 aromatic heterocycles. The quantitative estimate of drug-likeness (QED) is 0.683. The molecule has 1 amide bonds. The number of carbonyl (C=O) groups excluding carboxylic acids is 1. The lowest BCUT2D eigenvalue weighted by atomic mass is 10.2. The Bertz CT molecular complexity index is 551. The second kappa shape index (κ2) is 8.64. The number of benzene rings is 1. The zero-order valence-electron chi connectivity index (χ0n) is 12.0. The summed E-state index contributed by atoms with van der Waals surface area (Å²) >= 11 is 16.9. The molecule has 3 N–H and O–H groups in total. The molecule has 0 radical (unpaired) electrons. The van der Waals surface area contributed by atoms with Gasteiger partial charge < -0.3 is 15.0 Å². The maximum atomic E-state index is 12.1. The SMILES string of the molecule is O=C(NC(=S)NCC[NH+]1CCOCC1)c1ccc(Cl)cc1Cl. The summed E-state index contributed by atoms with van der Waals surface area (Å²) in [6.07, 6.45) is 0. The molecule has 1 aromatic rings. The minimum absolute atomic E-state index is 0.295. The van der Waals surface area contributed by atoms with Crippen LogP contribution in [0.1, 0.15) is 10.4 Å². The number of morpholine rings is 1. The van der Waals surface area contributed by atoms with E-state index in [4.69, 9.17) is 40.2 Å². The third kappa shape index (κ3) is 5.37. The van der Waals surface area contributed by atoms with E-state index < -0.39 is 0 Å². The zero-order chi connectivity index (χ0) is 15.9. The highest BCUT2D eigenvalue weighted by atomic mass is 35.5. The molecule has 0 spiro atoms. The Balaban J connectivity index is 1.75. The van der Waals surface area contributed by atoms with E-state index in [-0.39, 0.29) is 5.91 Å². The Kier molecular flexibility index (Phi) is 6.85. The predicted octanol–water partition coefficient (Wildman–Crippen LogP) is 0.513. The molecule has 0 unspecified atom stereocenters. The molecule has 0 atom stereocenters. The van der Waals surface area contributed by atoms with Gasteiger partial charge in [0.15, 0.2) is 5.11 Å². The summed E-state index contributed by atoms with van der Waals surface area (Å²) < 4.78 is 5.30. The number of hydrogen-bond acceptors (Lipinski definition) is 3. The van der Waals surface area contributed by atoms with Gasteiger partial charge >= 0.3 is 0 Å². The van der Waals surface area contributed by atoms with Crippen molar-refractivity contribution in [3.8, 4) is 0 Å². The van der Waals surface area contributed by atoms with Crippen LogP contribution in [0.15, 0.2) is 18.2 Å². The number of thiocarbonyl (C=S) groups is 1. The van der Waals surface area contributed by atoms with Gasteiger partial charge in [-0.25, -0.2) is 0 Å². The minimum Gasteiger partial charge on any atom is -0.370 e. The van der Waals surface area contributed by atoms with Gasteiger partial charge in [-0.3, -0.25) is 10.1 Å². The highest BCUT2D eigenvalue weighted by molar-refractivity contribution is 7.80. The van der Waals surface area contributed by atoms with Gasteiger partial charge in [0.25, 0.3) is 5.91 Å². The molecule has 0 saturated carbocycles. The predicted molar refractivity (Wildman–Crippen MR) is 90.9 cm³/mol. The second-order valence-electron chi connectivity index (χ2n) is 4.95. The molecule has 1 fully saturated rings. The number of hydrogen-bond donors (Lipinski definition) is 3. The van der Waals surface area contributed by atoms with Gasteiger partial charge in [0.1, 0.15) is 13.1 Å². The minimum atomic E-state index is -0.349. The van der Waals surface area contributed by atoms with E-state index in [2.05, 4.69) is 10.6 Å². The monoisotopic (exact) mass is 362 g/mol. The maximum absolute atomic E-state index is 12.1. The van der Waals surface area contributed by atoms with E-state index in [1.807, 2.05) is 0 Å². The van der Waals surface area contributed by atoms with Gasteiger partial charge in [0.05, 0.1) is 36.9 Å². The summed E-state index contributed by atoms with van der Waals surface area (Å²) in [5.74, 6) is -0.349. The smallest absolute Gasteiger partial charge is 0.258 e. The van der Waals surface area contributed by atoms with Crippen molar-refractivity contribution in [1.29, 1.82) is 0 Å². The van der Waals surface area contributed by atoms with Crippen molar-refractivity contribution in [1.82, 2.24) is 10.6 Å². The summed E-state index contributed by atoms with van der Waals surface area (Å²) in [4.78, 5) is 13.5. The van der Waals surface area contributed by atoms with Crippen LogP contribution in [0, 0.1) is 0 Å². The lowest BCUT2D eigenvalue weighted by molar-refractivity contribution is -0.906. The molecule has 22 heavy (non-hydrogen) atoms. The van der Waals surface area contributed by atoms with Crippen molar-refractivity contribution in [3.05, 3.63) is 33.8 Å². The molecule has 0 aliphatic carbocycles. The van der Waals surface area contributed by atoms with Crippen LogP contribution in [0.4, 0.5) is 0 Å². The number of quaternary nitrogens is 1. The number of ether oxygens (including phenoxy) is 1. The van der Waals surface area contributed by atoms with E-state index in [1.54, 1.807) is 12.1 Å². The fourth-order valence-electron chi connectivity index (χ4n) is 2.15. The van der Waals surface area contributed by atoms with Crippen LogP contribution in [-0.2, 0) is 4.74 Å². The second-order valence-corrected chi connectivity index (χ2v) is 6.20. The molecule has 1 aliphatic heterocycles. The Labute approximate surface area is 144 Å². The van der Waals surface area contributed by atoms with E-state index in [0.717, 1.165) is 32.8 Å². The van der Waals surface area contributed by atoms with E-state index in [9.17, 15) is 4.79 Å². The molecule has 1 saturated heterocycles. The average molecular weight is 363 g/mol. The first kappa shape index (κ1) is 17.4. The van der Waals surface area contributed by atoms with E-state index in [1.165, 1.54) is 11.0 Å². The van der Waals surface area contributed by atoms with Crippen LogP contribution < -0.4 is 15.5 Å². The zero-order valence-corrected chi connectivity index (χ0v) is 14.3.